The van der Waals surface area contributed by atoms with Gasteiger partial charge < -0.3 is 10.2 Å². The van der Waals surface area contributed by atoms with Crippen LogP contribution in [0.1, 0.15) is 0 Å². The summed E-state index contributed by atoms with van der Waals surface area (Å²) in [6.07, 6.45) is 0. The third-order valence-corrected chi connectivity index (χ3v) is 3.54. The summed E-state index contributed by atoms with van der Waals surface area (Å²) in [5.41, 5.74) is 0.678. The van der Waals surface area contributed by atoms with Crippen LogP contribution in [0, 0.1) is 0 Å². The van der Waals surface area contributed by atoms with E-state index in [1.807, 2.05) is 48.5 Å². The standard InChI is InChI=1S/C15H10N2O2/c18-15-16-13-11-7-3-1-5-9(11)10-6-2-4-8-12(10)14(13)17(15)19/h1-8,19H,(H,16,18). The lowest BCUT2D eigenvalue weighted by atomic mass is 10.0. The molecule has 2 N–H and O–H groups in total. The van der Waals surface area contributed by atoms with Crippen LogP contribution < -0.4 is 5.69 Å². The Morgan fingerprint density at radius 3 is 2.05 bits per heavy atom. The van der Waals surface area contributed by atoms with Gasteiger partial charge in [0.2, 0.25) is 0 Å². The van der Waals surface area contributed by atoms with Crippen LogP contribution in [-0.2, 0) is 0 Å². The minimum Gasteiger partial charge on any atom is -0.424 e. The number of aromatic amines is 1. The Balaban J connectivity index is 2.51. The summed E-state index contributed by atoms with van der Waals surface area (Å²) in [4.78, 5) is 14.4. The quantitative estimate of drug-likeness (QED) is 0.372. The molecule has 92 valence electrons. The Bertz CT molecular complexity index is 995. The molecule has 1 aromatic heterocycles. The molecule has 1 heterocycles. The van der Waals surface area contributed by atoms with Crippen molar-refractivity contribution >= 4 is 32.6 Å². The average Bonchev–Trinajstić information content (AvgIpc) is 2.76. The molecule has 0 spiro atoms. The molecular formula is C15H10N2O2. The number of benzene rings is 3. The minimum absolute atomic E-state index is 0.517. The van der Waals surface area contributed by atoms with Crippen molar-refractivity contribution in [2.75, 3.05) is 0 Å². The van der Waals surface area contributed by atoms with E-state index in [2.05, 4.69) is 4.98 Å². The van der Waals surface area contributed by atoms with Crippen LogP contribution in [0.4, 0.5) is 0 Å². The van der Waals surface area contributed by atoms with Crippen molar-refractivity contribution in [3.63, 3.8) is 0 Å². The zero-order valence-electron chi connectivity index (χ0n) is 9.92. The molecule has 4 heteroatoms. The van der Waals surface area contributed by atoms with Gasteiger partial charge in [0.25, 0.3) is 0 Å². The first-order chi connectivity index (χ1) is 9.27. The van der Waals surface area contributed by atoms with Gasteiger partial charge in [-0.25, -0.2) is 4.79 Å². The number of hydrogen-bond acceptors (Lipinski definition) is 2. The smallest absolute Gasteiger partial charge is 0.359 e. The highest BCUT2D eigenvalue weighted by atomic mass is 16.5. The first-order valence-electron chi connectivity index (χ1n) is 6.01. The van der Waals surface area contributed by atoms with Crippen LogP contribution in [0.5, 0.6) is 0 Å². The van der Waals surface area contributed by atoms with Crippen LogP contribution >= 0.6 is 0 Å². The topological polar surface area (TPSA) is 58.0 Å². The van der Waals surface area contributed by atoms with Crippen LogP contribution in [0.3, 0.4) is 0 Å². The molecule has 3 aromatic carbocycles. The van der Waals surface area contributed by atoms with E-state index in [1.54, 1.807) is 0 Å². The number of hydrogen-bond donors (Lipinski definition) is 2. The molecule has 0 fully saturated rings. The number of nitrogens with one attached hydrogen (secondary N) is 1. The van der Waals surface area contributed by atoms with Crippen molar-refractivity contribution in [3.05, 3.63) is 59.0 Å². The Labute approximate surface area is 107 Å². The number of aromatic nitrogens is 2. The predicted molar refractivity (Wildman–Crippen MR) is 74.8 cm³/mol. The second kappa shape index (κ2) is 3.38. The Kier molecular flexibility index (Phi) is 1.82. The van der Waals surface area contributed by atoms with Gasteiger partial charge in [-0.3, -0.25) is 0 Å². The Hall–Kier alpha value is -2.75. The lowest BCUT2D eigenvalue weighted by Crippen LogP contribution is -2.13. The van der Waals surface area contributed by atoms with Gasteiger partial charge in [0.1, 0.15) is 5.52 Å². The van der Waals surface area contributed by atoms with E-state index in [9.17, 15) is 10.0 Å². The van der Waals surface area contributed by atoms with Crippen molar-refractivity contribution in [1.82, 2.24) is 9.71 Å². The van der Waals surface area contributed by atoms with E-state index >= 15 is 0 Å². The minimum atomic E-state index is -0.517. The Morgan fingerprint density at radius 2 is 1.37 bits per heavy atom. The number of imidazole rings is 1. The number of H-pyrrole nitrogens is 1. The van der Waals surface area contributed by atoms with Gasteiger partial charge in [-0.05, 0) is 10.8 Å². The summed E-state index contributed by atoms with van der Waals surface area (Å²) < 4.78 is 0.685. The van der Waals surface area contributed by atoms with Gasteiger partial charge in [-0.15, -0.1) is 4.73 Å². The lowest BCUT2D eigenvalue weighted by Gasteiger charge is -2.06. The fourth-order valence-electron chi connectivity index (χ4n) is 2.73. The molecule has 4 aromatic rings. The molecule has 0 saturated carbocycles. The van der Waals surface area contributed by atoms with E-state index in [0.717, 1.165) is 21.5 Å². The molecule has 0 amide bonds. The molecule has 4 rings (SSSR count). The van der Waals surface area contributed by atoms with Gasteiger partial charge >= 0.3 is 5.69 Å². The molecule has 0 aliphatic carbocycles. The zero-order valence-corrected chi connectivity index (χ0v) is 9.92. The van der Waals surface area contributed by atoms with Crippen molar-refractivity contribution in [2.45, 2.75) is 0 Å². The van der Waals surface area contributed by atoms with Gasteiger partial charge in [-0.2, -0.15) is 0 Å². The summed E-state index contributed by atoms with van der Waals surface area (Å²) in [5.74, 6) is 0. The van der Waals surface area contributed by atoms with Gasteiger partial charge in [0, 0.05) is 10.8 Å². The molecule has 19 heavy (non-hydrogen) atoms. The van der Waals surface area contributed by atoms with Gasteiger partial charge in [0.05, 0.1) is 5.52 Å². The summed E-state index contributed by atoms with van der Waals surface area (Å²) in [5, 5.41) is 13.8. The zero-order chi connectivity index (χ0) is 13.0. The highest BCUT2D eigenvalue weighted by Crippen LogP contribution is 2.32. The predicted octanol–water partition coefficient (Wildman–Crippen LogP) is 2.87. The van der Waals surface area contributed by atoms with E-state index < -0.39 is 5.69 Å². The third kappa shape index (κ3) is 1.20. The molecule has 0 unspecified atom stereocenters. The SMILES string of the molecule is O=c1[nH]c2c3ccccc3c3ccccc3c2n1O. The van der Waals surface area contributed by atoms with Crippen molar-refractivity contribution in [1.29, 1.82) is 0 Å². The molecule has 0 aliphatic heterocycles. The first-order valence-corrected chi connectivity index (χ1v) is 6.01. The monoisotopic (exact) mass is 250 g/mol. The number of nitrogens with zero attached hydrogens (tertiary/aromatic N) is 1. The van der Waals surface area contributed by atoms with Crippen LogP contribution in [0.15, 0.2) is 53.3 Å². The fourth-order valence-corrected chi connectivity index (χ4v) is 2.73. The second-order valence-electron chi connectivity index (χ2n) is 4.56. The van der Waals surface area contributed by atoms with E-state index in [4.69, 9.17) is 0 Å². The van der Waals surface area contributed by atoms with Crippen molar-refractivity contribution < 1.29 is 5.21 Å². The first kappa shape index (κ1) is 10.2. The number of rotatable bonds is 0. The maximum absolute atomic E-state index is 11.7. The largest absolute Gasteiger partial charge is 0.424 e. The molecule has 0 atom stereocenters. The molecule has 4 nitrogen and oxygen atoms in total. The molecule has 0 saturated heterocycles. The normalized spacial score (nSPS) is 11.6. The average molecular weight is 250 g/mol. The second-order valence-corrected chi connectivity index (χ2v) is 4.56. The van der Waals surface area contributed by atoms with Gasteiger partial charge in [-0.1, -0.05) is 48.5 Å². The van der Waals surface area contributed by atoms with Crippen LogP contribution in [-0.4, -0.2) is 14.9 Å². The highest BCUT2D eigenvalue weighted by Gasteiger charge is 2.13. The Morgan fingerprint density at radius 1 is 0.842 bits per heavy atom. The van der Waals surface area contributed by atoms with Crippen molar-refractivity contribution in [2.24, 2.45) is 0 Å². The number of fused-ring (bicyclic) bond motifs is 6. The van der Waals surface area contributed by atoms with E-state index in [-0.39, 0.29) is 0 Å². The molecule has 0 bridgehead atoms. The maximum Gasteiger partial charge on any atom is 0.359 e. The highest BCUT2D eigenvalue weighted by molar-refractivity contribution is 6.23. The van der Waals surface area contributed by atoms with Crippen molar-refractivity contribution in [3.8, 4) is 0 Å². The van der Waals surface area contributed by atoms with E-state index in [0.29, 0.717) is 15.8 Å². The van der Waals surface area contributed by atoms with Crippen LogP contribution in [0.2, 0.25) is 0 Å². The maximum atomic E-state index is 11.7. The van der Waals surface area contributed by atoms with Crippen LogP contribution in [0.25, 0.3) is 32.6 Å². The van der Waals surface area contributed by atoms with Gasteiger partial charge in [0.15, 0.2) is 0 Å². The summed E-state index contributed by atoms with van der Waals surface area (Å²) in [6, 6.07) is 15.6. The summed E-state index contributed by atoms with van der Waals surface area (Å²) >= 11 is 0. The lowest BCUT2D eigenvalue weighted by molar-refractivity contribution is 0.188. The molecule has 0 radical (unpaired) electrons. The molecular weight excluding hydrogens is 240 g/mol. The molecule has 0 aliphatic rings. The third-order valence-electron chi connectivity index (χ3n) is 3.54. The summed E-state index contributed by atoms with van der Waals surface area (Å²) in [7, 11) is 0. The summed E-state index contributed by atoms with van der Waals surface area (Å²) in [6.45, 7) is 0. The fraction of sp³-hybridized carbons (Fsp3) is 0. The van der Waals surface area contributed by atoms with E-state index in [1.165, 1.54) is 0 Å².